The van der Waals surface area contributed by atoms with Crippen LogP contribution in [0.25, 0.3) is 0 Å². The van der Waals surface area contributed by atoms with Gasteiger partial charge in [0.1, 0.15) is 11.4 Å². The first-order chi connectivity index (χ1) is 11.5. The van der Waals surface area contributed by atoms with Gasteiger partial charge in [0.25, 0.3) is 5.91 Å². The molecule has 1 aromatic heterocycles. The highest BCUT2D eigenvalue weighted by Crippen LogP contribution is 2.16. The van der Waals surface area contributed by atoms with E-state index in [0.29, 0.717) is 10.8 Å². The van der Waals surface area contributed by atoms with Gasteiger partial charge in [0.15, 0.2) is 5.13 Å². The van der Waals surface area contributed by atoms with Crippen LogP contribution in [0.1, 0.15) is 36.3 Å². The molecular weight excluding hydrogens is 326 g/mol. The van der Waals surface area contributed by atoms with Crippen LogP contribution in [-0.2, 0) is 11.2 Å². The fourth-order valence-corrected chi connectivity index (χ4v) is 2.87. The summed E-state index contributed by atoms with van der Waals surface area (Å²) in [5, 5.41) is 7.56. The van der Waals surface area contributed by atoms with Crippen molar-refractivity contribution in [2.75, 3.05) is 12.4 Å². The van der Waals surface area contributed by atoms with E-state index in [1.807, 2.05) is 31.2 Å². The van der Waals surface area contributed by atoms with Gasteiger partial charge in [-0.3, -0.25) is 9.59 Å². The van der Waals surface area contributed by atoms with Crippen LogP contribution in [0.4, 0.5) is 5.13 Å². The number of amides is 2. The van der Waals surface area contributed by atoms with E-state index < -0.39 is 0 Å². The maximum atomic E-state index is 12.2. The summed E-state index contributed by atoms with van der Waals surface area (Å²) in [6, 6.07) is 7.92. The third kappa shape index (κ3) is 5.34. The molecular formula is C17H21N3O3S. The predicted octanol–water partition coefficient (Wildman–Crippen LogP) is 2.86. The lowest BCUT2D eigenvalue weighted by Crippen LogP contribution is -2.33. The van der Waals surface area contributed by atoms with Gasteiger partial charge in [0.05, 0.1) is 7.11 Å². The zero-order valence-corrected chi connectivity index (χ0v) is 14.8. The normalized spacial score (nSPS) is 11.6. The van der Waals surface area contributed by atoms with Crippen molar-refractivity contribution in [3.05, 3.63) is 40.9 Å². The van der Waals surface area contributed by atoms with E-state index in [2.05, 4.69) is 15.6 Å². The number of rotatable bonds is 7. The van der Waals surface area contributed by atoms with Crippen LogP contribution >= 0.6 is 11.3 Å². The molecule has 0 saturated carbocycles. The minimum atomic E-state index is -0.231. The maximum absolute atomic E-state index is 12.2. The van der Waals surface area contributed by atoms with Crippen LogP contribution < -0.4 is 15.4 Å². The molecule has 2 aromatic rings. The minimum Gasteiger partial charge on any atom is -0.497 e. The fourth-order valence-electron chi connectivity index (χ4n) is 2.13. The van der Waals surface area contributed by atoms with E-state index in [9.17, 15) is 9.59 Å². The summed E-state index contributed by atoms with van der Waals surface area (Å²) in [6.07, 6.45) is 1.68. The third-order valence-corrected chi connectivity index (χ3v) is 4.18. The van der Waals surface area contributed by atoms with E-state index in [-0.39, 0.29) is 17.9 Å². The summed E-state index contributed by atoms with van der Waals surface area (Å²) in [5.74, 6) is 0.396. The largest absolute Gasteiger partial charge is 0.497 e. The van der Waals surface area contributed by atoms with Crippen molar-refractivity contribution in [3.8, 4) is 5.75 Å². The summed E-state index contributed by atoms with van der Waals surface area (Å²) in [7, 11) is 1.64. The Hall–Kier alpha value is -2.41. The summed E-state index contributed by atoms with van der Waals surface area (Å²) >= 11 is 1.23. The molecule has 0 aliphatic heterocycles. The number of nitrogens with zero attached hydrogens (tertiary/aromatic N) is 1. The number of carbonyl (C=O) groups is 2. The SMILES string of the molecule is COc1ccc(CCC(C)NC(=O)c2csc(NC(C)=O)n2)cc1. The number of thiazole rings is 1. The number of nitrogens with one attached hydrogen (secondary N) is 2. The molecule has 2 rings (SSSR count). The second-order valence-electron chi connectivity index (χ2n) is 5.48. The van der Waals surface area contributed by atoms with Crippen LogP contribution in [0.15, 0.2) is 29.6 Å². The average Bonchev–Trinajstić information content (AvgIpc) is 3.01. The molecule has 1 atom stereocenters. The number of benzene rings is 1. The number of hydrogen-bond acceptors (Lipinski definition) is 5. The lowest BCUT2D eigenvalue weighted by molar-refractivity contribution is -0.114. The number of aromatic nitrogens is 1. The quantitative estimate of drug-likeness (QED) is 0.807. The maximum Gasteiger partial charge on any atom is 0.271 e. The molecule has 2 N–H and O–H groups in total. The molecule has 1 unspecified atom stereocenters. The third-order valence-electron chi connectivity index (χ3n) is 3.42. The van der Waals surface area contributed by atoms with E-state index in [4.69, 9.17) is 4.74 Å². The Balaban J connectivity index is 1.82. The Morgan fingerprint density at radius 2 is 2.00 bits per heavy atom. The highest BCUT2D eigenvalue weighted by atomic mass is 32.1. The van der Waals surface area contributed by atoms with E-state index in [0.717, 1.165) is 18.6 Å². The van der Waals surface area contributed by atoms with E-state index in [1.165, 1.54) is 23.8 Å². The van der Waals surface area contributed by atoms with E-state index >= 15 is 0 Å². The molecule has 1 heterocycles. The molecule has 1 aromatic carbocycles. The van der Waals surface area contributed by atoms with Crippen molar-refractivity contribution in [1.82, 2.24) is 10.3 Å². The van der Waals surface area contributed by atoms with Gasteiger partial charge in [-0.2, -0.15) is 0 Å². The van der Waals surface area contributed by atoms with E-state index in [1.54, 1.807) is 12.5 Å². The van der Waals surface area contributed by atoms with Crippen LogP contribution in [-0.4, -0.2) is 29.9 Å². The monoisotopic (exact) mass is 347 g/mol. The number of carbonyl (C=O) groups excluding carboxylic acids is 2. The molecule has 0 radical (unpaired) electrons. The van der Waals surface area contributed by atoms with Gasteiger partial charge in [0.2, 0.25) is 5.91 Å². The van der Waals surface area contributed by atoms with Crippen LogP contribution in [0, 0.1) is 0 Å². The number of hydrogen-bond donors (Lipinski definition) is 2. The van der Waals surface area contributed by atoms with Crippen molar-refractivity contribution in [1.29, 1.82) is 0 Å². The molecule has 0 aliphatic carbocycles. The zero-order chi connectivity index (χ0) is 17.5. The first-order valence-corrected chi connectivity index (χ1v) is 8.53. The molecule has 128 valence electrons. The molecule has 2 amide bonds. The highest BCUT2D eigenvalue weighted by molar-refractivity contribution is 7.14. The topological polar surface area (TPSA) is 80.3 Å². The minimum absolute atomic E-state index is 0.0190. The van der Waals surface area contributed by atoms with Crippen molar-refractivity contribution < 1.29 is 14.3 Å². The van der Waals surface area contributed by atoms with Gasteiger partial charge in [-0.15, -0.1) is 11.3 Å². The Morgan fingerprint density at radius 3 is 2.62 bits per heavy atom. The summed E-state index contributed by atoms with van der Waals surface area (Å²) in [5.41, 5.74) is 1.51. The Labute approximate surface area is 145 Å². The predicted molar refractivity (Wildman–Crippen MR) is 94.7 cm³/mol. The van der Waals surface area contributed by atoms with Crippen LogP contribution in [0.2, 0.25) is 0 Å². The zero-order valence-electron chi connectivity index (χ0n) is 14.0. The number of anilines is 1. The number of aryl methyl sites for hydroxylation is 1. The fraction of sp³-hybridized carbons (Fsp3) is 0.353. The number of methoxy groups -OCH3 is 1. The van der Waals surface area contributed by atoms with Crippen molar-refractivity contribution >= 4 is 28.3 Å². The first-order valence-electron chi connectivity index (χ1n) is 7.65. The first kappa shape index (κ1) is 17.9. The van der Waals surface area contributed by atoms with Crippen molar-refractivity contribution in [3.63, 3.8) is 0 Å². The van der Waals surface area contributed by atoms with Crippen LogP contribution in [0.3, 0.4) is 0 Å². The lowest BCUT2D eigenvalue weighted by Gasteiger charge is -2.13. The summed E-state index contributed by atoms with van der Waals surface area (Å²) < 4.78 is 5.13. The van der Waals surface area contributed by atoms with Crippen LogP contribution in [0.5, 0.6) is 5.75 Å². The number of ether oxygens (including phenoxy) is 1. The Morgan fingerprint density at radius 1 is 1.29 bits per heavy atom. The highest BCUT2D eigenvalue weighted by Gasteiger charge is 2.14. The van der Waals surface area contributed by atoms with Gasteiger partial charge in [-0.25, -0.2) is 4.98 Å². The van der Waals surface area contributed by atoms with Gasteiger partial charge in [0, 0.05) is 18.3 Å². The molecule has 0 spiro atoms. The molecule has 24 heavy (non-hydrogen) atoms. The summed E-state index contributed by atoms with van der Waals surface area (Å²) in [4.78, 5) is 27.2. The lowest BCUT2D eigenvalue weighted by atomic mass is 10.1. The molecule has 0 saturated heterocycles. The molecule has 0 bridgehead atoms. The van der Waals surface area contributed by atoms with Gasteiger partial charge < -0.3 is 15.4 Å². The average molecular weight is 347 g/mol. The van der Waals surface area contributed by atoms with Gasteiger partial charge >= 0.3 is 0 Å². The Bertz CT molecular complexity index is 697. The second-order valence-corrected chi connectivity index (χ2v) is 6.34. The molecule has 0 fully saturated rings. The smallest absolute Gasteiger partial charge is 0.271 e. The summed E-state index contributed by atoms with van der Waals surface area (Å²) in [6.45, 7) is 3.37. The van der Waals surface area contributed by atoms with Crippen molar-refractivity contribution in [2.24, 2.45) is 0 Å². The standard InChI is InChI=1S/C17H21N3O3S/c1-11(4-5-13-6-8-14(23-3)9-7-13)18-16(22)15-10-24-17(20-15)19-12(2)21/h6-11H,4-5H2,1-3H3,(H,18,22)(H,19,20,21). The van der Waals surface area contributed by atoms with Crippen molar-refractivity contribution in [2.45, 2.75) is 32.7 Å². The molecule has 7 heteroatoms. The van der Waals surface area contributed by atoms with Gasteiger partial charge in [-0.05, 0) is 37.5 Å². The molecule has 6 nitrogen and oxygen atoms in total. The second kappa shape index (κ2) is 8.44. The Kier molecular flexibility index (Phi) is 6.31. The van der Waals surface area contributed by atoms with Gasteiger partial charge in [-0.1, -0.05) is 12.1 Å². The molecule has 0 aliphatic rings.